The molecule has 37 heavy (non-hydrogen) atoms. The fraction of sp³-hybridized carbons (Fsp3) is 0.391. The lowest BCUT2D eigenvalue weighted by atomic mass is 10.1. The van der Waals surface area contributed by atoms with Crippen LogP contribution in [-0.2, 0) is 14.8 Å². The van der Waals surface area contributed by atoms with E-state index in [-0.39, 0.29) is 26.9 Å². The number of benzene rings is 2. The van der Waals surface area contributed by atoms with Crippen molar-refractivity contribution in [3.63, 3.8) is 0 Å². The minimum Gasteiger partial charge on any atom is -0.495 e. The molecule has 9 nitrogen and oxygen atoms in total. The molecule has 0 atom stereocenters. The number of nitrogens with one attached hydrogen (secondary N) is 1. The summed E-state index contributed by atoms with van der Waals surface area (Å²) in [5.41, 5.74) is 0.826. The minimum atomic E-state index is -5.08. The molecule has 0 unspecified atom stereocenters. The zero-order valence-electron chi connectivity index (χ0n) is 19.7. The van der Waals surface area contributed by atoms with Gasteiger partial charge in [-0.2, -0.15) is 13.2 Å². The number of carboxylic acid groups (broad SMARTS) is 2. The summed E-state index contributed by atoms with van der Waals surface area (Å²) in [6.45, 7) is 1.57. The van der Waals surface area contributed by atoms with Gasteiger partial charge >= 0.3 is 18.1 Å². The summed E-state index contributed by atoms with van der Waals surface area (Å²) in [6, 6.07) is 8.87. The SMILES string of the molecule is COc1ccc(Cl)cc1S(=O)(=O)Nc1ccc(N2CCCCCCC2)c(C(=O)O)c1.O=C(O)C(F)(F)F. The molecule has 14 heteroatoms. The van der Waals surface area contributed by atoms with Crippen LogP contribution in [0.15, 0.2) is 41.3 Å². The molecule has 1 aliphatic heterocycles. The lowest BCUT2D eigenvalue weighted by Gasteiger charge is -2.28. The minimum absolute atomic E-state index is 0.0637. The average Bonchev–Trinajstić information content (AvgIpc) is 2.78. The van der Waals surface area contributed by atoms with Gasteiger partial charge in [0.1, 0.15) is 10.6 Å². The highest BCUT2D eigenvalue weighted by Gasteiger charge is 2.38. The summed E-state index contributed by atoms with van der Waals surface area (Å²) in [5, 5.41) is 17.1. The Hall–Kier alpha value is -3.19. The molecule has 1 saturated heterocycles. The van der Waals surface area contributed by atoms with Crippen molar-refractivity contribution in [1.29, 1.82) is 0 Å². The number of halogens is 4. The zero-order chi connectivity index (χ0) is 27.8. The van der Waals surface area contributed by atoms with E-state index in [1.54, 1.807) is 12.1 Å². The number of hydrogen-bond acceptors (Lipinski definition) is 6. The van der Waals surface area contributed by atoms with Gasteiger partial charge in [-0.15, -0.1) is 0 Å². The fourth-order valence-electron chi connectivity index (χ4n) is 3.61. The van der Waals surface area contributed by atoms with Crippen LogP contribution in [0.5, 0.6) is 5.75 Å². The second-order valence-corrected chi connectivity index (χ2v) is 10.1. The van der Waals surface area contributed by atoms with Gasteiger partial charge in [-0.3, -0.25) is 4.72 Å². The third-order valence-electron chi connectivity index (χ3n) is 5.33. The first-order valence-corrected chi connectivity index (χ1v) is 12.9. The Kier molecular flexibility index (Phi) is 10.4. The standard InChI is InChI=1S/C21H25ClN2O5S.C2HF3O2/c1-29-19-10-7-15(22)13-20(19)30(27,28)23-16-8-9-18(17(14-16)21(25)26)24-11-5-3-2-4-6-12-24;3-2(4,5)1(6)7/h7-10,13-14,23H,2-6,11-12H2,1H3,(H,25,26);(H,6,7). The Morgan fingerprint density at radius 1 is 1.00 bits per heavy atom. The normalized spacial score (nSPS) is 14.5. The first-order valence-electron chi connectivity index (χ1n) is 11.0. The van der Waals surface area contributed by atoms with Gasteiger partial charge in [0.25, 0.3) is 10.0 Å². The van der Waals surface area contributed by atoms with Gasteiger partial charge in [-0.1, -0.05) is 30.9 Å². The van der Waals surface area contributed by atoms with Gasteiger partial charge < -0.3 is 19.8 Å². The number of ether oxygens (including phenoxy) is 1. The van der Waals surface area contributed by atoms with Gasteiger partial charge in [0.2, 0.25) is 0 Å². The molecule has 0 bridgehead atoms. The second kappa shape index (κ2) is 12.9. The van der Waals surface area contributed by atoms with Crippen LogP contribution in [0.4, 0.5) is 24.5 Å². The van der Waals surface area contributed by atoms with Gasteiger partial charge in [0, 0.05) is 23.8 Å². The van der Waals surface area contributed by atoms with E-state index in [0.717, 1.165) is 38.8 Å². The Morgan fingerprint density at radius 3 is 2.08 bits per heavy atom. The first kappa shape index (κ1) is 30.0. The molecule has 1 heterocycles. The topological polar surface area (TPSA) is 133 Å². The van der Waals surface area contributed by atoms with Crippen LogP contribution >= 0.6 is 11.6 Å². The highest BCUT2D eigenvalue weighted by molar-refractivity contribution is 7.92. The summed E-state index contributed by atoms with van der Waals surface area (Å²) in [7, 11) is -2.67. The number of hydrogen-bond donors (Lipinski definition) is 3. The van der Waals surface area contributed by atoms with Gasteiger partial charge in [0.05, 0.1) is 18.4 Å². The van der Waals surface area contributed by atoms with E-state index in [1.165, 1.54) is 37.8 Å². The van der Waals surface area contributed by atoms with E-state index in [9.17, 15) is 31.5 Å². The molecule has 3 rings (SSSR count). The maximum Gasteiger partial charge on any atom is 0.490 e. The van der Waals surface area contributed by atoms with Crippen LogP contribution in [0.25, 0.3) is 0 Å². The Morgan fingerprint density at radius 2 is 1.57 bits per heavy atom. The van der Waals surface area contributed by atoms with E-state index in [4.69, 9.17) is 26.2 Å². The van der Waals surface area contributed by atoms with Crippen molar-refractivity contribution in [1.82, 2.24) is 0 Å². The Labute approximate surface area is 216 Å². The summed E-state index contributed by atoms with van der Waals surface area (Å²) in [4.78, 5) is 22.8. The Balaban J connectivity index is 0.000000604. The summed E-state index contributed by atoms with van der Waals surface area (Å²) in [5.74, 6) is -3.72. The molecule has 2 aromatic carbocycles. The third-order valence-corrected chi connectivity index (χ3v) is 6.97. The van der Waals surface area contributed by atoms with Crippen LogP contribution in [0.2, 0.25) is 5.02 Å². The first-order chi connectivity index (χ1) is 17.3. The van der Waals surface area contributed by atoms with E-state index >= 15 is 0 Å². The molecule has 0 amide bonds. The van der Waals surface area contributed by atoms with Crippen molar-refractivity contribution in [3.05, 3.63) is 47.0 Å². The maximum absolute atomic E-state index is 12.9. The predicted molar refractivity (Wildman–Crippen MR) is 131 cm³/mol. The number of aliphatic carboxylic acids is 1. The number of alkyl halides is 3. The van der Waals surface area contributed by atoms with Crippen molar-refractivity contribution < 1.29 is 46.1 Å². The number of methoxy groups -OCH3 is 1. The number of carboxylic acids is 2. The van der Waals surface area contributed by atoms with Crippen molar-refractivity contribution in [2.24, 2.45) is 0 Å². The third kappa shape index (κ3) is 8.71. The molecule has 1 aliphatic rings. The molecule has 204 valence electrons. The van der Waals surface area contributed by atoms with Gasteiger partial charge in [-0.25, -0.2) is 18.0 Å². The predicted octanol–water partition coefficient (Wildman–Crippen LogP) is 5.25. The molecule has 0 spiro atoms. The molecule has 2 aromatic rings. The Bertz CT molecular complexity index is 1220. The van der Waals surface area contributed by atoms with E-state index in [2.05, 4.69) is 9.62 Å². The van der Waals surface area contributed by atoms with Crippen LogP contribution in [0.3, 0.4) is 0 Å². The van der Waals surface area contributed by atoms with Crippen LogP contribution in [-0.4, -0.2) is 56.9 Å². The smallest absolute Gasteiger partial charge is 0.490 e. The van der Waals surface area contributed by atoms with Gasteiger partial charge in [0.15, 0.2) is 0 Å². The molecular weight excluding hydrogens is 541 g/mol. The molecule has 3 N–H and O–H groups in total. The van der Waals surface area contributed by atoms with E-state index in [1.807, 2.05) is 0 Å². The zero-order valence-corrected chi connectivity index (χ0v) is 21.3. The molecular formula is C23H26ClF3N2O7S. The number of rotatable bonds is 6. The quantitative estimate of drug-likeness (QED) is 0.432. The van der Waals surface area contributed by atoms with Crippen molar-refractivity contribution >= 4 is 44.9 Å². The molecule has 0 aliphatic carbocycles. The van der Waals surface area contributed by atoms with Crippen LogP contribution < -0.4 is 14.4 Å². The number of carbonyl (C=O) groups is 2. The van der Waals surface area contributed by atoms with Crippen LogP contribution in [0, 0.1) is 0 Å². The second-order valence-electron chi connectivity index (χ2n) is 8.00. The molecule has 0 saturated carbocycles. The van der Waals surface area contributed by atoms with Crippen molar-refractivity contribution in [2.75, 3.05) is 29.8 Å². The molecule has 1 fully saturated rings. The van der Waals surface area contributed by atoms with Crippen molar-refractivity contribution in [3.8, 4) is 5.75 Å². The summed E-state index contributed by atoms with van der Waals surface area (Å²) in [6.07, 6.45) is 0.369. The summed E-state index contributed by atoms with van der Waals surface area (Å²) < 4.78 is 65.1. The fourth-order valence-corrected chi connectivity index (χ4v) is 5.09. The lowest BCUT2D eigenvalue weighted by Crippen LogP contribution is -2.28. The lowest BCUT2D eigenvalue weighted by molar-refractivity contribution is -0.192. The monoisotopic (exact) mass is 566 g/mol. The number of aromatic carboxylic acids is 1. The number of sulfonamides is 1. The maximum atomic E-state index is 12.9. The average molecular weight is 567 g/mol. The van der Waals surface area contributed by atoms with Crippen molar-refractivity contribution in [2.45, 2.75) is 43.2 Å². The number of nitrogens with zero attached hydrogens (tertiary/aromatic N) is 1. The molecule has 0 radical (unpaired) electrons. The molecule has 0 aromatic heterocycles. The van der Waals surface area contributed by atoms with E-state index in [0.29, 0.717) is 5.69 Å². The highest BCUT2D eigenvalue weighted by atomic mass is 35.5. The van der Waals surface area contributed by atoms with Gasteiger partial charge in [-0.05, 0) is 49.2 Å². The summed E-state index contributed by atoms with van der Waals surface area (Å²) >= 11 is 5.95. The highest BCUT2D eigenvalue weighted by Crippen LogP contribution is 2.31. The largest absolute Gasteiger partial charge is 0.495 e. The van der Waals surface area contributed by atoms with E-state index < -0.39 is 28.1 Å². The number of anilines is 2. The van der Waals surface area contributed by atoms with Crippen LogP contribution in [0.1, 0.15) is 42.5 Å².